The Morgan fingerprint density at radius 1 is 1.29 bits per heavy atom. The molecule has 5 nitrogen and oxygen atoms in total. The molecule has 3 aliphatic rings. The second-order valence-electron chi connectivity index (χ2n) is 7.35. The summed E-state index contributed by atoms with van der Waals surface area (Å²) < 4.78 is 8.33. The van der Waals surface area contributed by atoms with Crippen LogP contribution < -0.4 is 0 Å². The summed E-state index contributed by atoms with van der Waals surface area (Å²) in [7, 11) is 2.07. The summed E-state index contributed by atoms with van der Waals surface area (Å²) >= 11 is 0. The molecule has 3 saturated heterocycles. The van der Waals surface area contributed by atoms with Gasteiger partial charge < -0.3 is 14.2 Å². The first-order valence-corrected chi connectivity index (χ1v) is 8.90. The summed E-state index contributed by atoms with van der Waals surface area (Å²) in [5.74, 6) is 0.267. The summed E-state index contributed by atoms with van der Waals surface area (Å²) in [6, 6.07) is 9.05. The molecule has 1 aromatic carbocycles. The SMILES string of the molecule is Cn1ccc2cc(CN3CC[C@@]45OCCCN4C(=O)C[C@@H]35)ccc21. The van der Waals surface area contributed by atoms with Gasteiger partial charge in [-0.2, -0.15) is 0 Å². The first kappa shape index (κ1) is 14.5. The Kier molecular flexibility index (Phi) is 3.06. The van der Waals surface area contributed by atoms with Crippen molar-refractivity contribution in [3.63, 3.8) is 0 Å². The van der Waals surface area contributed by atoms with Gasteiger partial charge in [-0.3, -0.25) is 9.69 Å². The monoisotopic (exact) mass is 325 g/mol. The molecule has 3 aliphatic heterocycles. The first-order valence-electron chi connectivity index (χ1n) is 8.90. The van der Waals surface area contributed by atoms with Gasteiger partial charge in [0, 0.05) is 51.2 Å². The van der Waals surface area contributed by atoms with Crippen molar-refractivity contribution in [2.24, 2.45) is 7.05 Å². The van der Waals surface area contributed by atoms with Crippen LogP contribution in [0.2, 0.25) is 0 Å². The van der Waals surface area contributed by atoms with Crippen LogP contribution in [0.5, 0.6) is 0 Å². The third-order valence-corrected chi connectivity index (χ3v) is 6.06. The van der Waals surface area contributed by atoms with Gasteiger partial charge in [-0.25, -0.2) is 0 Å². The maximum Gasteiger partial charge on any atom is 0.226 e. The zero-order valence-electron chi connectivity index (χ0n) is 14.1. The van der Waals surface area contributed by atoms with E-state index in [2.05, 4.69) is 47.0 Å². The number of carbonyl (C=O) groups excluding carboxylic acids is 1. The fourth-order valence-corrected chi connectivity index (χ4v) is 4.89. The smallest absolute Gasteiger partial charge is 0.226 e. The quantitative estimate of drug-likeness (QED) is 0.849. The third-order valence-electron chi connectivity index (χ3n) is 6.06. The normalized spacial score (nSPS) is 30.1. The molecule has 0 unspecified atom stereocenters. The Morgan fingerprint density at radius 3 is 3.12 bits per heavy atom. The Labute approximate surface area is 141 Å². The van der Waals surface area contributed by atoms with Crippen LogP contribution in [0, 0.1) is 0 Å². The maximum atomic E-state index is 12.4. The fraction of sp³-hybridized carbons (Fsp3) is 0.526. The van der Waals surface area contributed by atoms with Crippen molar-refractivity contribution in [2.75, 3.05) is 19.7 Å². The number of rotatable bonds is 2. The number of carbonyl (C=O) groups is 1. The molecular formula is C19H23N3O2. The minimum atomic E-state index is -0.341. The number of fused-ring (bicyclic) bond motifs is 1. The molecule has 24 heavy (non-hydrogen) atoms. The van der Waals surface area contributed by atoms with Crippen LogP contribution >= 0.6 is 0 Å². The van der Waals surface area contributed by atoms with Crippen molar-refractivity contribution in [1.82, 2.24) is 14.4 Å². The molecule has 5 heteroatoms. The van der Waals surface area contributed by atoms with Gasteiger partial charge in [0.2, 0.25) is 5.91 Å². The number of hydrogen-bond acceptors (Lipinski definition) is 3. The van der Waals surface area contributed by atoms with Crippen molar-refractivity contribution >= 4 is 16.8 Å². The van der Waals surface area contributed by atoms with E-state index in [0.717, 1.165) is 39.1 Å². The van der Waals surface area contributed by atoms with Crippen molar-refractivity contribution in [3.05, 3.63) is 36.0 Å². The van der Waals surface area contributed by atoms with Gasteiger partial charge in [0.25, 0.3) is 0 Å². The predicted octanol–water partition coefficient (Wildman–Crippen LogP) is 2.10. The standard InChI is InChI=1S/C19H23N3O2/c1-20-8-5-15-11-14(3-4-16(15)20)13-21-9-6-19-17(21)12-18(23)22(19)7-2-10-24-19/h3-5,8,11,17H,2,6-7,9-10,12-13H2,1H3/t17-,19+/m1/s1. The van der Waals surface area contributed by atoms with E-state index < -0.39 is 0 Å². The topological polar surface area (TPSA) is 37.7 Å². The number of nitrogens with zero attached hydrogens (tertiary/aromatic N) is 3. The van der Waals surface area contributed by atoms with Gasteiger partial charge in [0.1, 0.15) is 0 Å². The van der Waals surface area contributed by atoms with E-state index in [1.807, 2.05) is 4.90 Å². The maximum absolute atomic E-state index is 12.4. The van der Waals surface area contributed by atoms with Gasteiger partial charge in [-0.1, -0.05) is 6.07 Å². The van der Waals surface area contributed by atoms with E-state index in [1.54, 1.807) is 0 Å². The molecular weight excluding hydrogens is 302 g/mol. The van der Waals surface area contributed by atoms with Crippen molar-refractivity contribution in [1.29, 1.82) is 0 Å². The molecule has 5 rings (SSSR count). The molecule has 1 amide bonds. The van der Waals surface area contributed by atoms with E-state index in [1.165, 1.54) is 16.5 Å². The number of aryl methyl sites for hydroxylation is 1. The van der Waals surface area contributed by atoms with E-state index in [9.17, 15) is 4.79 Å². The predicted molar refractivity (Wildman–Crippen MR) is 91.4 cm³/mol. The van der Waals surface area contributed by atoms with Gasteiger partial charge in [0.15, 0.2) is 5.72 Å². The molecule has 0 N–H and O–H groups in total. The van der Waals surface area contributed by atoms with Gasteiger partial charge >= 0.3 is 0 Å². The largest absolute Gasteiger partial charge is 0.354 e. The molecule has 4 heterocycles. The summed E-state index contributed by atoms with van der Waals surface area (Å²) in [5, 5.41) is 1.28. The molecule has 1 spiro atoms. The molecule has 0 bridgehead atoms. The molecule has 0 radical (unpaired) electrons. The second kappa shape index (κ2) is 5.07. The van der Waals surface area contributed by atoms with Crippen LogP contribution in [0.25, 0.3) is 10.9 Å². The number of ether oxygens (including phenoxy) is 1. The lowest BCUT2D eigenvalue weighted by Gasteiger charge is -2.42. The van der Waals surface area contributed by atoms with E-state index in [4.69, 9.17) is 4.74 Å². The summed E-state index contributed by atoms with van der Waals surface area (Å²) in [6.07, 6.45) is 4.61. The Hall–Kier alpha value is -1.85. The van der Waals surface area contributed by atoms with Gasteiger partial charge in [0.05, 0.1) is 12.6 Å². The van der Waals surface area contributed by atoms with E-state index >= 15 is 0 Å². The highest BCUT2D eigenvalue weighted by atomic mass is 16.5. The highest BCUT2D eigenvalue weighted by molar-refractivity contribution is 5.81. The van der Waals surface area contributed by atoms with E-state index in [-0.39, 0.29) is 17.7 Å². The minimum Gasteiger partial charge on any atom is -0.354 e. The van der Waals surface area contributed by atoms with Crippen molar-refractivity contribution in [2.45, 2.75) is 37.6 Å². The number of aromatic nitrogens is 1. The molecule has 0 saturated carbocycles. The summed E-state index contributed by atoms with van der Waals surface area (Å²) in [5.41, 5.74) is 2.23. The van der Waals surface area contributed by atoms with Gasteiger partial charge in [-0.15, -0.1) is 0 Å². The second-order valence-corrected chi connectivity index (χ2v) is 7.35. The zero-order valence-corrected chi connectivity index (χ0v) is 14.1. The Morgan fingerprint density at radius 2 is 2.21 bits per heavy atom. The summed E-state index contributed by atoms with van der Waals surface area (Å²) in [4.78, 5) is 16.9. The Bertz CT molecular complexity index is 814. The van der Waals surface area contributed by atoms with Crippen LogP contribution in [-0.4, -0.2) is 51.7 Å². The lowest BCUT2D eigenvalue weighted by Crippen LogP contribution is -2.56. The zero-order chi connectivity index (χ0) is 16.3. The van der Waals surface area contributed by atoms with Crippen LogP contribution in [0.1, 0.15) is 24.8 Å². The average Bonchev–Trinajstić information content (AvgIpc) is 3.20. The lowest BCUT2D eigenvalue weighted by atomic mass is 10.0. The highest BCUT2D eigenvalue weighted by Crippen LogP contribution is 2.45. The number of likely N-dealkylation sites (tertiary alicyclic amines) is 1. The van der Waals surface area contributed by atoms with Gasteiger partial charge in [-0.05, 0) is 35.6 Å². The van der Waals surface area contributed by atoms with Crippen LogP contribution in [0.15, 0.2) is 30.5 Å². The molecule has 1 aromatic heterocycles. The summed E-state index contributed by atoms with van der Waals surface area (Å²) in [6.45, 7) is 3.53. The number of amides is 1. The molecule has 2 aromatic rings. The molecule has 126 valence electrons. The van der Waals surface area contributed by atoms with Crippen molar-refractivity contribution in [3.8, 4) is 0 Å². The average molecular weight is 325 g/mol. The fourth-order valence-electron chi connectivity index (χ4n) is 4.89. The van der Waals surface area contributed by atoms with Crippen LogP contribution in [0.4, 0.5) is 0 Å². The molecule has 2 atom stereocenters. The van der Waals surface area contributed by atoms with Crippen molar-refractivity contribution < 1.29 is 9.53 Å². The highest BCUT2D eigenvalue weighted by Gasteiger charge is 2.60. The molecule has 3 fully saturated rings. The first-order chi connectivity index (χ1) is 11.7. The Balaban J connectivity index is 1.42. The van der Waals surface area contributed by atoms with Crippen LogP contribution in [-0.2, 0) is 23.1 Å². The van der Waals surface area contributed by atoms with E-state index in [0.29, 0.717) is 6.42 Å². The number of benzene rings is 1. The number of hydrogen-bond donors (Lipinski definition) is 0. The van der Waals surface area contributed by atoms with Crippen LogP contribution in [0.3, 0.4) is 0 Å². The molecule has 0 aliphatic carbocycles. The minimum absolute atomic E-state index is 0.205. The third kappa shape index (κ3) is 1.91. The lowest BCUT2D eigenvalue weighted by molar-refractivity contribution is -0.180.